The molecule has 0 atom stereocenters. The second-order valence-electron chi connectivity index (χ2n) is 1.55. The van der Waals surface area contributed by atoms with Gasteiger partial charge in [0.05, 0.1) is 0 Å². The van der Waals surface area contributed by atoms with E-state index in [1.807, 2.05) is 6.92 Å². The lowest BCUT2D eigenvalue weighted by atomic mass is 10.5. The van der Waals surface area contributed by atoms with Gasteiger partial charge in [-0.05, 0) is 13.3 Å². The minimum Gasteiger partial charge on any atom is -0.382 e. The first-order valence-electron chi connectivity index (χ1n) is 2.99. The van der Waals surface area contributed by atoms with Gasteiger partial charge in [-0.1, -0.05) is 6.04 Å². The normalized spacial score (nSPS) is 9.86. The molecule has 0 fully saturated rings. The Morgan fingerprint density at radius 1 is 1.57 bits per heavy atom. The summed E-state index contributed by atoms with van der Waals surface area (Å²) in [6.45, 7) is 3.88. The summed E-state index contributed by atoms with van der Waals surface area (Å²) >= 11 is 0. The summed E-state index contributed by atoms with van der Waals surface area (Å²) in [6, 6.07) is 1.38. The third-order valence-corrected chi connectivity index (χ3v) is 1.55. The van der Waals surface area contributed by atoms with Crippen LogP contribution in [-0.4, -0.2) is 23.5 Å². The highest BCUT2D eigenvalue weighted by Crippen LogP contribution is 1.83. The first kappa shape index (κ1) is 7.18. The van der Waals surface area contributed by atoms with Crippen LogP contribution in [0.25, 0.3) is 0 Å². The molecule has 0 radical (unpaired) electrons. The SMILES string of the molecule is CCOCCC[SiH3]. The van der Waals surface area contributed by atoms with Crippen LogP contribution in [0.1, 0.15) is 13.3 Å². The maximum atomic E-state index is 5.10. The zero-order chi connectivity index (χ0) is 5.54. The van der Waals surface area contributed by atoms with E-state index in [-0.39, 0.29) is 0 Å². The van der Waals surface area contributed by atoms with Gasteiger partial charge in [0.2, 0.25) is 0 Å². The van der Waals surface area contributed by atoms with Crippen molar-refractivity contribution < 1.29 is 4.74 Å². The lowest BCUT2D eigenvalue weighted by Gasteiger charge is -1.94. The van der Waals surface area contributed by atoms with Crippen LogP contribution >= 0.6 is 0 Å². The summed E-state index contributed by atoms with van der Waals surface area (Å²) in [7, 11) is 1.33. The van der Waals surface area contributed by atoms with Crippen molar-refractivity contribution in [3.05, 3.63) is 0 Å². The van der Waals surface area contributed by atoms with E-state index >= 15 is 0 Å². The average molecular weight is 118 g/mol. The molecule has 2 heteroatoms. The minimum atomic E-state index is 0.877. The fraction of sp³-hybridized carbons (Fsp3) is 1.00. The molecule has 0 bridgehead atoms. The van der Waals surface area contributed by atoms with Gasteiger partial charge >= 0.3 is 0 Å². The molecule has 1 nitrogen and oxygen atoms in total. The molecule has 0 aromatic heterocycles. The molecule has 0 N–H and O–H groups in total. The van der Waals surface area contributed by atoms with Gasteiger partial charge < -0.3 is 4.74 Å². The van der Waals surface area contributed by atoms with E-state index in [9.17, 15) is 0 Å². The van der Waals surface area contributed by atoms with Crippen LogP contribution in [0.15, 0.2) is 0 Å². The number of hydrogen-bond acceptors (Lipinski definition) is 1. The zero-order valence-electron chi connectivity index (χ0n) is 5.24. The predicted octanol–water partition coefficient (Wildman–Crippen LogP) is 0.197. The largest absolute Gasteiger partial charge is 0.382 e. The highest BCUT2D eigenvalue weighted by Gasteiger charge is 1.78. The van der Waals surface area contributed by atoms with Gasteiger partial charge in [-0.3, -0.25) is 0 Å². The van der Waals surface area contributed by atoms with Gasteiger partial charge in [0.25, 0.3) is 0 Å². The molecule has 0 aliphatic carbocycles. The third-order valence-electron chi connectivity index (χ3n) is 0.846. The van der Waals surface area contributed by atoms with Gasteiger partial charge in [0.15, 0.2) is 0 Å². The molecule has 0 unspecified atom stereocenters. The van der Waals surface area contributed by atoms with Crippen molar-refractivity contribution >= 4 is 10.2 Å². The molecule has 0 saturated carbocycles. The molecule has 0 heterocycles. The summed E-state index contributed by atoms with van der Waals surface area (Å²) < 4.78 is 5.10. The van der Waals surface area contributed by atoms with Crippen LogP contribution in [0.3, 0.4) is 0 Å². The fourth-order valence-electron chi connectivity index (χ4n) is 0.391. The molecule has 0 aliphatic rings. The standard InChI is InChI=1S/C5H14OSi/c1-2-6-4-3-5-7/h2-5H2,1,7H3. The second-order valence-corrected chi connectivity index (χ2v) is 2.55. The molecular weight excluding hydrogens is 104 g/mol. The molecular formula is C5H14OSi. The number of hydrogen-bond donors (Lipinski definition) is 0. The highest BCUT2D eigenvalue weighted by molar-refractivity contribution is 6.08. The average Bonchev–Trinajstić information content (AvgIpc) is 1.69. The Morgan fingerprint density at radius 2 is 2.29 bits per heavy atom. The van der Waals surface area contributed by atoms with Crippen molar-refractivity contribution in [2.45, 2.75) is 19.4 Å². The molecule has 0 aromatic carbocycles. The summed E-state index contributed by atoms with van der Waals surface area (Å²) in [5.74, 6) is 0. The first-order chi connectivity index (χ1) is 3.41. The molecule has 44 valence electrons. The zero-order valence-corrected chi connectivity index (χ0v) is 7.24. The van der Waals surface area contributed by atoms with Gasteiger partial charge in [-0.2, -0.15) is 0 Å². The Balaban J connectivity index is 2.45. The monoisotopic (exact) mass is 118 g/mol. The van der Waals surface area contributed by atoms with E-state index in [2.05, 4.69) is 0 Å². The Labute approximate surface area is 48.5 Å². The molecule has 0 aliphatic heterocycles. The quantitative estimate of drug-likeness (QED) is 0.378. The Bertz CT molecular complexity index is 27.3. The predicted molar refractivity (Wildman–Crippen MR) is 35.9 cm³/mol. The molecule has 0 saturated heterocycles. The third kappa shape index (κ3) is 6.18. The molecule has 7 heavy (non-hydrogen) atoms. The fourth-order valence-corrected chi connectivity index (χ4v) is 0.679. The summed E-state index contributed by atoms with van der Waals surface area (Å²) in [6.07, 6.45) is 1.26. The van der Waals surface area contributed by atoms with E-state index < -0.39 is 0 Å². The van der Waals surface area contributed by atoms with Gasteiger partial charge in [0.1, 0.15) is 0 Å². The Hall–Kier alpha value is 0.177. The highest BCUT2D eigenvalue weighted by atomic mass is 28.1. The van der Waals surface area contributed by atoms with Crippen LogP contribution in [0, 0.1) is 0 Å². The van der Waals surface area contributed by atoms with Crippen molar-refractivity contribution in [3.8, 4) is 0 Å². The number of rotatable bonds is 4. The Kier molecular flexibility index (Phi) is 6.33. The van der Waals surface area contributed by atoms with Crippen molar-refractivity contribution in [2.24, 2.45) is 0 Å². The molecule has 0 spiro atoms. The van der Waals surface area contributed by atoms with Crippen molar-refractivity contribution in [1.29, 1.82) is 0 Å². The van der Waals surface area contributed by atoms with Crippen molar-refractivity contribution in [2.75, 3.05) is 13.2 Å². The number of ether oxygens (including phenoxy) is 1. The van der Waals surface area contributed by atoms with Gasteiger partial charge in [0, 0.05) is 23.5 Å². The molecule has 0 amide bonds. The summed E-state index contributed by atoms with van der Waals surface area (Å²) in [4.78, 5) is 0. The van der Waals surface area contributed by atoms with Crippen LogP contribution in [0.5, 0.6) is 0 Å². The molecule has 0 aromatic rings. The second kappa shape index (κ2) is 6.18. The van der Waals surface area contributed by atoms with Crippen LogP contribution < -0.4 is 0 Å². The van der Waals surface area contributed by atoms with E-state index in [0.29, 0.717) is 0 Å². The topological polar surface area (TPSA) is 9.23 Å². The summed E-state index contributed by atoms with van der Waals surface area (Å²) in [5.41, 5.74) is 0. The Morgan fingerprint density at radius 3 is 2.71 bits per heavy atom. The first-order valence-corrected chi connectivity index (χ1v) is 4.41. The lowest BCUT2D eigenvalue weighted by molar-refractivity contribution is 0.148. The lowest BCUT2D eigenvalue weighted by Crippen LogP contribution is -1.91. The minimum absolute atomic E-state index is 0.877. The van der Waals surface area contributed by atoms with E-state index in [1.54, 1.807) is 0 Å². The van der Waals surface area contributed by atoms with Crippen LogP contribution in [-0.2, 0) is 4.74 Å². The maximum absolute atomic E-state index is 5.10. The van der Waals surface area contributed by atoms with Crippen molar-refractivity contribution in [3.63, 3.8) is 0 Å². The van der Waals surface area contributed by atoms with E-state index in [1.165, 1.54) is 22.7 Å². The summed E-state index contributed by atoms with van der Waals surface area (Å²) in [5, 5.41) is 0. The van der Waals surface area contributed by atoms with E-state index in [0.717, 1.165) is 13.2 Å². The van der Waals surface area contributed by atoms with Gasteiger partial charge in [-0.15, -0.1) is 0 Å². The molecule has 0 rings (SSSR count). The van der Waals surface area contributed by atoms with E-state index in [4.69, 9.17) is 4.74 Å². The van der Waals surface area contributed by atoms with Crippen molar-refractivity contribution in [1.82, 2.24) is 0 Å². The maximum Gasteiger partial charge on any atom is 0.0462 e. The smallest absolute Gasteiger partial charge is 0.0462 e. The van der Waals surface area contributed by atoms with Crippen LogP contribution in [0.4, 0.5) is 0 Å². The van der Waals surface area contributed by atoms with Gasteiger partial charge in [-0.25, -0.2) is 0 Å². The van der Waals surface area contributed by atoms with Crippen LogP contribution in [0.2, 0.25) is 6.04 Å².